The molecule has 2 aromatic rings. The van der Waals surface area contributed by atoms with Gasteiger partial charge in [0.2, 0.25) is 0 Å². The number of fused-ring (bicyclic) bond motifs is 3. The average molecular weight is 490 g/mol. The fourth-order valence-electron chi connectivity index (χ4n) is 5.74. The molecule has 2 N–H and O–H groups in total. The van der Waals surface area contributed by atoms with Gasteiger partial charge >= 0.3 is 6.09 Å². The smallest absolute Gasteiger partial charge is 0.407 e. The molecule has 0 radical (unpaired) electrons. The second-order valence-corrected chi connectivity index (χ2v) is 11.5. The molecule has 2 fully saturated rings. The van der Waals surface area contributed by atoms with Crippen LogP contribution in [0.25, 0.3) is 5.65 Å². The molecule has 5 rings (SSSR count). The Morgan fingerprint density at radius 1 is 1.26 bits per heavy atom. The molecular formula is C23H32BrN5O2. The van der Waals surface area contributed by atoms with Crippen molar-refractivity contribution in [1.29, 1.82) is 0 Å². The molecule has 0 saturated heterocycles. The number of nitrogens with zero attached hydrogens (tertiary/aromatic N) is 3. The van der Waals surface area contributed by atoms with Crippen LogP contribution in [0.1, 0.15) is 77.5 Å². The van der Waals surface area contributed by atoms with Crippen molar-refractivity contribution in [2.75, 3.05) is 5.32 Å². The number of alkyl carbamates (subject to hydrolysis) is 1. The molecule has 31 heavy (non-hydrogen) atoms. The molecule has 2 heterocycles. The minimum Gasteiger partial charge on any atom is -0.444 e. The maximum atomic E-state index is 12.1. The zero-order valence-corrected chi connectivity index (χ0v) is 20.4. The van der Waals surface area contributed by atoms with E-state index in [0.29, 0.717) is 12.0 Å². The first-order valence-electron chi connectivity index (χ1n) is 11.5. The summed E-state index contributed by atoms with van der Waals surface area (Å²) < 4.78 is 8.28. The average Bonchev–Trinajstić information content (AvgIpc) is 3.33. The van der Waals surface area contributed by atoms with Gasteiger partial charge in [-0.05, 0) is 74.7 Å². The molecule has 1 atom stereocenters. The van der Waals surface area contributed by atoms with Gasteiger partial charge in [-0.2, -0.15) is 9.61 Å². The topological polar surface area (TPSA) is 80.5 Å². The number of nitrogens with one attached hydrogen (secondary N) is 2. The van der Waals surface area contributed by atoms with E-state index in [1.54, 1.807) is 0 Å². The predicted octanol–water partition coefficient (Wildman–Crippen LogP) is 4.96. The van der Waals surface area contributed by atoms with Gasteiger partial charge in [-0.25, -0.2) is 9.78 Å². The van der Waals surface area contributed by atoms with E-state index < -0.39 is 5.60 Å². The standard InChI is InChI=1S/C23H32BrN5O2/c1-13-9-16-18(23(13)7-5-6-8-23)28-20-17(24)12-25-29(20)19(16)26-14-10-15(11-14)27-21(30)31-22(2,3)4/h12-15,26H,5-11H2,1-4H3,(H,27,30). The molecule has 168 valence electrons. The fourth-order valence-corrected chi connectivity index (χ4v) is 6.09. The lowest BCUT2D eigenvalue weighted by Gasteiger charge is -2.37. The molecule has 3 aliphatic carbocycles. The molecule has 2 aromatic heterocycles. The number of hydrogen-bond donors (Lipinski definition) is 2. The summed E-state index contributed by atoms with van der Waals surface area (Å²) in [5.41, 5.74) is 3.26. The minimum absolute atomic E-state index is 0.141. The van der Waals surface area contributed by atoms with Crippen molar-refractivity contribution in [2.24, 2.45) is 5.92 Å². The lowest BCUT2D eigenvalue weighted by atomic mass is 9.76. The van der Waals surface area contributed by atoms with E-state index >= 15 is 0 Å². The van der Waals surface area contributed by atoms with Crippen LogP contribution in [0.4, 0.5) is 10.6 Å². The van der Waals surface area contributed by atoms with E-state index in [4.69, 9.17) is 9.72 Å². The molecule has 1 unspecified atom stereocenters. The molecular weight excluding hydrogens is 458 g/mol. The number of rotatable bonds is 3. The van der Waals surface area contributed by atoms with Gasteiger partial charge in [0, 0.05) is 23.1 Å². The van der Waals surface area contributed by atoms with E-state index in [-0.39, 0.29) is 17.6 Å². The largest absolute Gasteiger partial charge is 0.444 e. The molecule has 1 spiro atoms. The highest BCUT2D eigenvalue weighted by molar-refractivity contribution is 9.10. The monoisotopic (exact) mass is 489 g/mol. The number of aromatic nitrogens is 3. The van der Waals surface area contributed by atoms with Crippen LogP contribution < -0.4 is 10.6 Å². The Kier molecular flexibility index (Phi) is 4.99. The first-order chi connectivity index (χ1) is 14.7. The van der Waals surface area contributed by atoms with Crippen molar-refractivity contribution in [3.63, 3.8) is 0 Å². The first-order valence-corrected chi connectivity index (χ1v) is 12.3. The molecule has 1 amide bonds. The molecule has 0 aromatic carbocycles. The maximum Gasteiger partial charge on any atom is 0.407 e. The third-order valence-electron chi connectivity index (χ3n) is 7.32. The van der Waals surface area contributed by atoms with Crippen molar-refractivity contribution < 1.29 is 9.53 Å². The summed E-state index contributed by atoms with van der Waals surface area (Å²) in [6, 6.07) is 0.440. The number of carbonyl (C=O) groups excluding carboxylic acids is 1. The summed E-state index contributed by atoms with van der Waals surface area (Å²) in [6.07, 6.45) is 9.35. The molecule has 0 bridgehead atoms. The van der Waals surface area contributed by atoms with E-state index in [1.165, 1.54) is 36.9 Å². The van der Waals surface area contributed by atoms with Crippen molar-refractivity contribution in [2.45, 2.75) is 95.7 Å². The van der Waals surface area contributed by atoms with Crippen LogP contribution in [-0.4, -0.2) is 38.4 Å². The molecule has 7 nitrogen and oxygen atoms in total. The second-order valence-electron chi connectivity index (χ2n) is 10.6. The van der Waals surface area contributed by atoms with Gasteiger partial charge in [-0.15, -0.1) is 0 Å². The van der Waals surface area contributed by atoms with Crippen molar-refractivity contribution in [1.82, 2.24) is 19.9 Å². The quantitative estimate of drug-likeness (QED) is 0.636. The Hall–Kier alpha value is -1.83. The summed E-state index contributed by atoms with van der Waals surface area (Å²) in [7, 11) is 0. The van der Waals surface area contributed by atoms with E-state index in [1.807, 2.05) is 31.5 Å². The van der Waals surface area contributed by atoms with Gasteiger partial charge in [-0.1, -0.05) is 19.8 Å². The van der Waals surface area contributed by atoms with E-state index in [2.05, 4.69) is 38.6 Å². The Bertz CT molecular complexity index is 1020. The van der Waals surface area contributed by atoms with Crippen LogP contribution in [0.3, 0.4) is 0 Å². The van der Waals surface area contributed by atoms with Crippen LogP contribution >= 0.6 is 15.9 Å². The zero-order chi connectivity index (χ0) is 22.0. The van der Waals surface area contributed by atoms with Crippen LogP contribution in [-0.2, 0) is 16.6 Å². The van der Waals surface area contributed by atoms with Gasteiger partial charge < -0.3 is 15.4 Å². The third-order valence-corrected chi connectivity index (χ3v) is 7.88. The number of ether oxygens (including phenoxy) is 1. The molecule has 3 aliphatic rings. The summed E-state index contributed by atoms with van der Waals surface area (Å²) in [6.45, 7) is 8.03. The van der Waals surface area contributed by atoms with Gasteiger partial charge in [0.05, 0.1) is 16.4 Å². The van der Waals surface area contributed by atoms with E-state index in [9.17, 15) is 4.79 Å². The fraction of sp³-hybridized carbons (Fsp3) is 0.696. The zero-order valence-electron chi connectivity index (χ0n) is 18.8. The predicted molar refractivity (Wildman–Crippen MR) is 124 cm³/mol. The highest BCUT2D eigenvalue weighted by Crippen LogP contribution is 2.54. The number of amides is 1. The van der Waals surface area contributed by atoms with Crippen LogP contribution in [0, 0.1) is 5.92 Å². The lowest BCUT2D eigenvalue weighted by molar-refractivity contribution is 0.0475. The molecule has 0 aliphatic heterocycles. The highest BCUT2D eigenvalue weighted by atomic mass is 79.9. The Morgan fingerprint density at radius 2 is 1.97 bits per heavy atom. The minimum atomic E-state index is -0.477. The summed E-state index contributed by atoms with van der Waals surface area (Å²) in [5.74, 6) is 1.69. The Morgan fingerprint density at radius 3 is 2.65 bits per heavy atom. The lowest BCUT2D eigenvalue weighted by Crippen LogP contribution is -2.51. The van der Waals surface area contributed by atoms with Crippen LogP contribution in [0.15, 0.2) is 10.7 Å². The normalized spacial score (nSPS) is 26.7. The summed E-state index contributed by atoms with van der Waals surface area (Å²) in [4.78, 5) is 17.2. The van der Waals surface area contributed by atoms with Crippen molar-refractivity contribution in [3.05, 3.63) is 21.9 Å². The van der Waals surface area contributed by atoms with E-state index in [0.717, 1.165) is 35.2 Å². The third kappa shape index (κ3) is 3.60. The van der Waals surface area contributed by atoms with Crippen LogP contribution in [0.5, 0.6) is 0 Å². The van der Waals surface area contributed by atoms with Gasteiger partial charge in [0.25, 0.3) is 0 Å². The van der Waals surface area contributed by atoms with Gasteiger partial charge in [-0.3, -0.25) is 0 Å². The maximum absolute atomic E-state index is 12.1. The first kappa shape index (κ1) is 21.0. The number of halogens is 1. The molecule has 8 heteroatoms. The number of anilines is 1. The van der Waals surface area contributed by atoms with Gasteiger partial charge in [0.15, 0.2) is 5.65 Å². The summed E-state index contributed by atoms with van der Waals surface area (Å²) >= 11 is 3.64. The Labute approximate surface area is 191 Å². The van der Waals surface area contributed by atoms with Crippen molar-refractivity contribution in [3.8, 4) is 0 Å². The molecule has 2 saturated carbocycles. The SMILES string of the molecule is CC1Cc2c(nc3c(Br)cnn3c2NC2CC(NC(=O)OC(C)(C)C)C2)C12CCCC2. The highest BCUT2D eigenvalue weighted by Gasteiger charge is 2.49. The Balaban J connectivity index is 1.37. The van der Waals surface area contributed by atoms with Crippen molar-refractivity contribution >= 4 is 33.5 Å². The second kappa shape index (κ2) is 7.36. The number of hydrogen-bond acceptors (Lipinski definition) is 5. The summed E-state index contributed by atoms with van der Waals surface area (Å²) in [5, 5.41) is 11.4. The van der Waals surface area contributed by atoms with Gasteiger partial charge in [0.1, 0.15) is 11.4 Å². The number of carbonyl (C=O) groups is 1. The van der Waals surface area contributed by atoms with Crippen LogP contribution in [0.2, 0.25) is 0 Å².